The highest BCUT2D eigenvalue weighted by Crippen LogP contribution is 2.24. The molecule has 28 heavy (non-hydrogen) atoms. The summed E-state index contributed by atoms with van der Waals surface area (Å²) in [6, 6.07) is 17.1. The Hall–Kier alpha value is -2.54. The number of fused-ring (bicyclic) bond motifs is 1. The molecule has 0 N–H and O–H groups in total. The molecular weight excluding hydrogens is 374 g/mol. The molecule has 6 heteroatoms. The van der Waals surface area contributed by atoms with Gasteiger partial charge in [-0.25, -0.2) is 0 Å². The smallest absolute Gasteiger partial charge is 0.227 e. The normalized spacial score (nSPS) is 14.6. The van der Waals surface area contributed by atoms with Crippen LogP contribution in [0.2, 0.25) is 0 Å². The van der Waals surface area contributed by atoms with E-state index in [4.69, 9.17) is 9.15 Å². The number of rotatable bonds is 6. The quantitative estimate of drug-likeness (QED) is 0.598. The first-order valence-corrected chi connectivity index (χ1v) is 10.6. The molecule has 1 aliphatic heterocycles. The summed E-state index contributed by atoms with van der Waals surface area (Å²) in [5.41, 5.74) is 3.35. The Bertz CT molecular complexity index is 989. The summed E-state index contributed by atoms with van der Waals surface area (Å²) < 4.78 is 22.7. The highest BCUT2D eigenvalue weighted by Gasteiger charge is 2.19. The molecule has 0 radical (unpaired) electrons. The molecule has 1 aromatic heterocycles. The average molecular weight is 395 g/mol. The molecule has 0 fully saturated rings. The SMILES string of the molecule is C[S+]([O-])c1ccc(COc2coc(CN3Cc4ccccc4C3)cc2=O)cc1. The molecule has 0 aliphatic carbocycles. The molecule has 2 heterocycles. The number of hydrogen-bond acceptors (Lipinski definition) is 5. The van der Waals surface area contributed by atoms with E-state index in [1.54, 1.807) is 18.4 Å². The van der Waals surface area contributed by atoms with E-state index in [0.717, 1.165) is 23.5 Å². The van der Waals surface area contributed by atoms with Crippen molar-refractivity contribution < 1.29 is 13.7 Å². The minimum Gasteiger partial charge on any atom is -0.612 e. The van der Waals surface area contributed by atoms with Crippen LogP contribution in [0.15, 0.2) is 75.0 Å². The second-order valence-corrected chi connectivity index (χ2v) is 8.26. The zero-order valence-electron chi connectivity index (χ0n) is 15.6. The van der Waals surface area contributed by atoms with E-state index in [9.17, 15) is 9.35 Å². The molecule has 3 aromatic rings. The molecule has 2 aromatic carbocycles. The average Bonchev–Trinajstić information content (AvgIpc) is 3.10. The predicted molar refractivity (Wildman–Crippen MR) is 107 cm³/mol. The van der Waals surface area contributed by atoms with Crippen molar-refractivity contribution in [3.8, 4) is 5.75 Å². The summed E-state index contributed by atoms with van der Waals surface area (Å²) in [4.78, 5) is 15.4. The van der Waals surface area contributed by atoms with Gasteiger partial charge in [0, 0.05) is 19.2 Å². The van der Waals surface area contributed by atoms with Gasteiger partial charge in [0.1, 0.15) is 24.9 Å². The third-order valence-electron chi connectivity index (χ3n) is 4.79. The summed E-state index contributed by atoms with van der Waals surface area (Å²) in [7, 11) is 0. The molecule has 1 aliphatic rings. The van der Waals surface area contributed by atoms with Gasteiger partial charge in [-0.15, -0.1) is 0 Å². The fraction of sp³-hybridized carbons (Fsp3) is 0.227. The zero-order valence-corrected chi connectivity index (χ0v) is 16.4. The Morgan fingerprint density at radius 1 is 1.11 bits per heavy atom. The first-order chi connectivity index (χ1) is 13.6. The minimum absolute atomic E-state index is 0.191. The van der Waals surface area contributed by atoms with E-state index in [0.29, 0.717) is 12.3 Å². The minimum atomic E-state index is -1.01. The third-order valence-corrected chi connectivity index (χ3v) is 5.72. The van der Waals surface area contributed by atoms with Crippen molar-refractivity contribution in [3.05, 3.63) is 93.5 Å². The van der Waals surface area contributed by atoms with E-state index in [2.05, 4.69) is 17.0 Å². The molecule has 1 atom stereocenters. The van der Waals surface area contributed by atoms with Crippen molar-refractivity contribution in [1.29, 1.82) is 0 Å². The molecule has 0 saturated carbocycles. The van der Waals surface area contributed by atoms with E-state index < -0.39 is 11.2 Å². The highest BCUT2D eigenvalue weighted by atomic mass is 32.2. The number of nitrogens with zero attached hydrogens (tertiary/aromatic N) is 1. The second-order valence-electron chi connectivity index (χ2n) is 6.88. The van der Waals surface area contributed by atoms with Crippen LogP contribution in [-0.4, -0.2) is 15.7 Å². The van der Waals surface area contributed by atoms with Gasteiger partial charge in [0.2, 0.25) is 11.2 Å². The van der Waals surface area contributed by atoms with Crippen molar-refractivity contribution in [2.24, 2.45) is 0 Å². The highest BCUT2D eigenvalue weighted by molar-refractivity contribution is 7.90. The van der Waals surface area contributed by atoms with Gasteiger partial charge < -0.3 is 13.7 Å². The molecule has 0 spiro atoms. The molecule has 1 unspecified atom stereocenters. The lowest BCUT2D eigenvalue weighted by molar-refractivity contribution is 0.241. The van der Waals surface area contributed by atoms with E-state index >= 15 is 0 Å². The maximum absolute atomic E-state index is 12.4. The molecule has 0 saturated heterocycles. The van der Waals surface area contributed by atoms with E-state index in [1.165, 1.54) is 23.5 Å². The number of hydrogen-bond donors (Lipinski definition) is 0. The van der Waals surface area contributed by atoms with Gasteiger partial charge in [0.25, 0.3) is 0 Å². The molecular formula is C22H21NO4S. The van der Waals surface area contributed by atoms with Crippen LogP contribution in [0.4, 0.5) is 0 Å². The number of ether oxygens (including phenoxy) is 1. The molecule has 0 bridgehead atoms. The van der Waals surface area contributed by atoms with Crippen LogP contribution in [0.5, 0.6) is 5.75 Å². The topological polar surface area (TPSA) is 65.7 Å². The first kappa shape index (κ1) is 18.8. The van der Waals surface area contributed by atoms with Crippen LogP contribution < -0.4 is 10.2 Å². The van der Waals surface area contributed by atoms with Crippen LogP contribution in [0, 0.1) is 0 Å². The van der Waals surface area contributed by atoms with Crippen LogP contribution >= 0.6 is 0 Å². The summed E-state index contributed by atoms with van der Waals surface area (Å²) in [5, 5.41) is 0. The Labute approximate surface area is 166 Å². The predicted octanol–water partition coefficient (Wildman–Crippen LogP) is 3.47. The Kier molecular flexibility index (Phi) is 5.52. The van der Waals surface area contributed by atoms with Crippen molar-refractivity contribution >= 4 is 11.2 Å². The third kappa shape index (κ3) is 4.30. The lowest BCUT2D eigenvalue weighted by Gasteiger charge is -2.14. The Morgan fingerprint density at radius 2 is 1.79 bits per heavy atom. The second kappa shape index (κ2) is 8.22. The lowest BCUT2D eigenvalue weighted by Crippen LogP contribution is -2.17. The summed E-state index contributed by atoms with van der Waals surface area (Å²) in [5.74, 6) is 0.816. The monoisotopic (exact) mass is 395 g/mol. The van der Waals surface area contributed by atoms with Crippen LogP contribution in [0.1, 0.15) is 22.5 Å². The lowest BCUT2D eigenvalue weighted by atomic mass is 10.1. The van der Waals surface area contributed by atoms with Gasteiger partial charge >= 0.3 is 0 Å². The number of benzene rings is 2. The summed E-state index contributed by atoms with van der Waals surface area (Å²) in [6.45, 7) is 2.55. The maximum Gasteiger partial charge on any atom is 0.227 e. The molecule has 0 amide bonds. The Balaban J connectivity index is 1.36. The molecule has 4 rings (SSSR count). The van der Waals surface area contributed by atoms with Crippen molar-refractivity contribution in [1.82, 2.24) is 4.90 Å². The van der Waals surface area contributed by atoms with E-state index in [-0.39, 0.29) is 17.8 Å². The van der Waals surface area contributed by atoms with Gasteiger partial charge in [-0.05, 0) is 40.0 Å². The fourth-order valence-electron chi connectivity index (χ4n) is 3.30. The van der Waals surface area contributed by atoms with Gasteiger partial charge in [-0.2, -0.15) is 0 Å². The van der Waals surface area contributed by atoms with E-state index in [1.807, 2.05) is 24.3 Å². The van der Waals surface area contributed by atoms with Gasteiger partial charge in [0.15, 0.2) is 4.90 Å². The van der Waals surface area contributed by atoms with Crippen LogP contribution in [0.25, 0.3) is 0 Å². The van der Waals surface area contributed by atoms with Crippen molar-refractivity contribution in [2.45, 2.75) is 31.1 Å². The standard InChI is InChI=1S/C22H21NO4S/c1-28(25)20-8-6-16(7-9-20)14-27-22-15-26-19(10-21(22)24)13-23-11-17-4-2-3-5-18(17)12-23/h2-10,15H,11-14H2,1H3. The summed E-state index contributed by atoms with van der Waals surface area (Å²) >= 11 is -1.01. The fourth-order valence-corrected chi connectivity index (χ4v) is 3.82. The van der Waals surface area contributed by atoms with Crippen molar-refractivity contribution in [3.63, 3.8) is 0 Å². The Morgan fingerprint density at radius 3 is 2.39 bits per heavy atom. The molecule has 5 nitrogen and oxygen atoms in total. The zero-order chi connectivity index (χ0) is 19.5. The largest absolute Gasteiger partial charge is 0.612 e. The maximum atomic E-state index is 12.4. The van der Waals surface area contributed by atoms with Gasteiger partial charge in [-0.3, -0.25) is 9.69 Å². The van der Waals surface area contributed by atoms with Gasteiger partial charge in [0.05, 0.1) is 6.54 Å². The first-order valence-electron chi connectivity index (χ1n) is 9.04. The van der Waals surface area contributed by atoms with Crippen molar-refractivity contribution in [2.75, 3.05) is 6.26 Å². The van der Waals surface area contributed by atoms with Gasteiger partial charge in [-0.1, -0.05) is 36.4 Å². The summed E-state index contributed by atoms with van der Waals surface area (Å²) in [6.07, 6.45) is 3.02. The molecule has 144 valence electrons. The van der Waals surface area contributed by atoms with Crippen LogP contribution in [0.3, 0.4) is 0 Å². The van der Waals surface area contributed by atoms with Crippen LogP contribution in [-0.2, 0) is 37.4 Å².